The van der Waals surface area contributed by atoms with Gasteiger partial charge in [-0.3, -0.25) is 4.79 Å². The van der Waals surface area contributed by atoms with Crippen molar-refractivity contribution in [3.8, 4) is 0 Å². The van der Waals surface area contributed by atoms with Crippen LogP contribution in [0.25, 0.3) is 10.8 Å². The van der Waals surface area contributed by atoms with E-state index in [1.165, 1.54) is 4.90 Å². The van der Waals surface area contributed by atoms with Gasteiger partial charge in [0.15, 0.2) is 0 Å². The normalized spacial score (nSPS) is 21.2. The molecule has 1 aliphatic rings. The highest BCUT2D eigenvalue weighted by atomic mass is 35.5. The molecule has 2 aromatic rings. The minimum atomic E-state index is -1.16. The minimum Gasteiger partial charge on any atom is -0.376 e. The summed E-state index contributed by atoms with van der Waals surface area (Å²) in [5.74, 6) is -0.426. The molecule has 2 atom stereocenters. The van der Waals surface area contributed by atoms with Gasteiger partial charge in [0.1, 0.15) is 12.1 Å². The second kappa shape index (κ2) is 6.63. The number of hydrogen-bond donors (Lipinski definition) is 0. The van der Waals surface area contributed by atoms with Gasteiger partial charge in [0.25, 0.3) is 0 Å². The first-order chi connectivity index (χ1) is 10.7. The van der Waals surface area contributed by atoms with E-state index in [9.17, 15) is 9.18 Å². The molecule has 3 rings (SSSR count). The van der Waals surface area contributed by atoms with Crippen LogP contribution in [0.3, 0.4) is 0 Å². The maximum absolute atomic E-state index is 13.9. The number of carbonyl (C=O) groups is 1. The summed E-state index contributed by atoms with van der Waals surface area (Å²) in [7, 11) is 0. The Hall–Kier alpha value is -1.65. The Balaban J connectivity index is 1.86. The lowest BCUT2D eigenvalue weighted by atomic mass is 10.1. The fourth-order valence-corrected chi connectivity index (χ4v) is 2.96. The smallest absolute Gasteiger partial charge is 0.238 e. The van der Waals surface area contributed by atoms with Gasteiger partial charge < -0.3 is 9.64 Å². The summed E-state index contributed by atoms with van der Waals surface area (Å²) in [5, 5.41) is 2.23. The zero-order chi connectivity index (χ0) is 15.5. The van der Waals surface area contributed by atoms with E-state index in [0.717, 1.165) is 16.3 Å². The third-order valence-electron chi connectivity index (χ3n) is 3.98. The van der Waals surface area contributed by atoms with E-state index in [1.807, 2.05) is 42.5 Å². The molecule has 5 heteroatoms. The molecule has 2 aromatic carbocycles. The molecule has 1 heterocycles. The van der Waals surface area contributed by atoms with Crippen LogP contribution >= 0.6 is 11.6 Å². The molecule has 0 aromatic heterocycles. The molecule has 22 heavy (non-hydrogen) atoms. The van der Waals surface area contributed by atoms with Crippen LogP contribution in [0.5, 0.6) is 0 Å². The Morgan fingerprint density at radius 2 is 2.00 bits per heavy atom. The van der Waals surface area contributed by atoms with Crippen molar-refractivity contribution in [2.24, 2.45) is 0 Å². The van der Waals surface area contributed by atoms with Gasteiger partial charge in [0.05, 0.1) is 19.3 Å². The van der Waals surface area contributed by atoms with Crippen LogP contribution in [0.15, 0.2) is 42.5 Å². The Kier molecular flexibility index (Phi) is 4.60. The minimum absolute atomic E-state index is 0.0362. The second-order valence-electron chi connectivity index (χ2n) is 5.46. The molecule has 1 amide bonds. The molecule has 0 saturated carbocycles. The van der Waals surface area contributed by atoms with E-state index in [0.29, 0.717) is 6.54 Å². The molecule has 1 aliphatic heterocycles. The van der Waals surface area contributed by atoms with E-state index in [-0.39, 0.29) is 25.0 Å². The maximum atomic E-state index is 13.9. The summed E-state index contributed by atoms with van der Waals surface area (Å²) in [6.45, 7) is 0.594. The number of halogens is 2. The number of hydrogen-bond acceptors (Lipinski definition) is 2. The van der Waals surface area contributed by atoms with Crippen molar-refractivity contribution in [2.75, 3.05) is 19.1 Å². The van der Waals surface area contributed by atoms with Gasteiger partial charge in [-0.1, -0.05) is 36.4 Å². The van der Waals surface area contributed by atoms with E-state index < -0.39 is 12.2 Å². The largest absolute Gasteiger partial charge is 0.376 e. The number of fused-ring (bicyclic) bond motifs is 1. The summed E-state index contributed by atoms with van der Waals surface area (Å²) in [6, 6.07) is 13.4. The van der Waals surface area contributed by atoms with Crippen molar-refractivity contribution in [3.63, 3.8) is 0 Å². The summed E-state index contributed by atoms with van der Waals surface area (Å²) in [4.78, 5) is 13.6. The van der Waals surface area contributed by atoms with Gasteiger partial charge in [0, 0.05) is 6.54 Å². The average molecular weight is 322 g/mol. The van der Waals surface area contributed by atoms with E-state index in [4.69, 9.17) is 16.3 Å². The number of amides is 1. The van der Waals surface area contributed by atoms with E-state index in [2.05, 4.69) is 0 Å². The van der Waals surface area contributed by atoms with Crippen molar-refractivity contribution in [1.29, 1.82) is 0 Å². The predicted molar refractivity (Wildman–Crippen MR) is 84.7 cm³/mol. The van der Waals surface area contributed by atoms with Gasteiger partial charge in [-0.05, 0) is 22.4 Å². The number of benzene rings is 2. The molecule has 0 unspecified atom stereocenters. The Morgan fingerprint density at radius 1 is 1.23 bits per heavy atom. The van der Waals surface area contributed by atoms with Crippen LogP contribution in [0.1, 0.15) is 5.56 Å². The van der Waals surface area contributed by atoms with Gasteiger partial charge in [0.2, 0.25) is 5.91 Å². The molecule has 116 valence electrons. The summed E-state index contributed by atoms with van der Waals surface area (Å²) < 4.78 is 19.1. The van der Waals surface area contributed by atoms with Crippen molar-refractivity contribution >= 4 is 28.3 Å². The second-order valence-corrected chi connectivity index (χ2v) is 5.72. The van der Waals surface area contributed by atoms with Crippen LogP contribution in [0, 0.1) is 0 Å². The highest BCUT2D eigenvalue weighted by Gasteiger charge is 2.35. The first kappa shape index (κ1) is 15.3. The highest BCUT2D eigenvalue weighted by Crippen LogP contribution is 2.22. The molecule has 0 bridgehead atoms. The predicted octanol–water partition coefficient (Wildman–Crippen LogP) is 3.14. The Morgan fingerprint density at radius 3 is 2.68 bits per heavy atom. The summed E-state index contributed by atoms with van der Waals surface area (Å²) in [5.41, 5.74) is 0.955. The van der Waals surface area contributed by atoms with Gasteiger partial charge in [-0.2, -0.15) is 0 Å². The number of alkyl halides is 2. The number of nitrogens with zero attached hydrogens (tertiary/aromatic N) is 1. The molecular weight excluding hydrogens is 305 g/mol. The lowest BCUT2D eigenvalue weighted by Crippen LogP contribution is -2.45. The van der Waals surface area contributed by atoms with Crippen LogP contribution < -0.4 is 0 Å². The van der Waals surface area contributed by atoms with Crippen molar-refractivity contribution < 1.29 is 13.9 Å². The van der Waals surface area contributed by atoms with E-state index >= 15 is 0 Å². The third kappa shape index (κ3) is 3.08. The zero-order valence-corrected chi connectivity index (χ0v) is 12.8. The number of carbonyl (C=O) groups excluding carboxylic acids is 1. The fraction of sp³-hybridized carbons (Fsp3) is 0.353. The van der Waals surface area contributed by atoms with E-state index in [1.54, 1.807) is 0 Å². The first-order valence-corrected chi connectivity index (χ1v) is 7.77. The maximum Gasteiger partial charge on any atom is 0.238 e. The third-order valence-corrected chi connectivity index (χ3v) is 4.21. The molecule has 0 radical (unpaired) electrons. The van der Waals surface area contributed by atoms with Crippen molar-refractivity contribution in [3.05, 3.63) is 48.0 Å². The molecule has 0 N–H and O–H groups in total. The summed E-state index contributed by atoms with van der Waals surface area (Å²) in [6.07, 6.45) is -1.16. The standard InChI is InChI=1S/C17H17ClFNO2/c18-8-17(21)20(16-11-22-10-15(16)19)9-12-5-6-13-3-1-2-4-14(13)7-12/h1-7,15-16H,8-11H2/t15-,16-/m1/s1. The molecular formula is C17H17ClFNO2. The Bertz CT molecular complexity index is 679. The topological polar surface area (TPSA) is 29.5 Å². The molecule has 1 fully saturated rings. The lowest BCUT2D eigenvalue weighted by Gasteiger charge is -2.29. The monoisotopic (exact) mass is 321 g/mol. The van der Waals surface area contributed by atoms with Crippen LogP contribution in [0.4, 0.5) is 4.39 Å². The molecule has 0 spiro atoms. The number of ether oxygens (including phenoxy) is 1. The average Bonchev–Trinajstić information content (AvgIpc) is 2.97. The van der Waals surface area contributed by atoms with Gasteiger partial charge in [-0.15, -0.1) is 11.6 Å². The fourth-order valence-electron chi connectivity index (χ4n) is 2.80. The van der Waals surface area contributed by atoms with Gasteiger partial charge in [-0.25, -0.2) is 4.39 Å². The molecule has 3 nitrogen and oxygen atoms in total. The van der Waals surface area contributed by atoms with Crippen LogP contribution in [0.2, 0.25) is 0 Å². The van der Waals surface area contributed by atoms with Crippen LogP contribution in [-0.2, 0) is 16.1 Å². The highest BCUT2D eigenvalue weighted by molar-refractivity contribution is 6.27. The first-order valence-electron chi connectivity index (χ1n) is 7.24. The molecule has 1 saturated heterocycles. The SMILES string of the molecule is O=C(CCl)N(Cc1ccc2ccccc2c1)[C@@H]1COC[C@H]1F. The quantitative estimate of drug-likeness (QED) is 0.810. The zero-order valence-electron chi connectivity index (χ0n) is 12.0. The summed E-state index contributed by atoms with van der Waals surface area (Å²) >= 11 is 5.68. The lowest BCUT2D eigenvalue weighted by molar-refractivity contribution is -0.132. The van der Waals surface area contributed by atoms with Gasteiger partial charge >= 0.3 is 0 Å². The molecule has 0 aliphatic carbocycles. The van der Waals surface area contributed by atoms with Crippen molar-refractivity contribution in [2.45, 2.75) is 18.8 Å². The number of rotatable bonds is 4. The Labute approximate surface area is 133 Å². The van der Waals surface area contributed by atoms with Crippen molar-refractivity contribution in [1.82, 2.24) is 4.90 Å². The van der Waals surface area contributed by atoms with Crippen LogP contribution in [-0.4, -0.2) is 42.1 Å².